The second kappa shape index (κ2) is 5.97. The van der Waals surface area contributed by atoms with Gasteiger partial charge >= 0.3 is 0 Å². The standard InChI is InChI=1S/C15H15BrN2O/c1-3-18-10-13(11(2)17-18)6-9-15(19)12-4-7-14(16)8-5-12/h4-10H,3H2,1-2H3/b9-6+. The van der Waals surface area contributed by atoms with Crippen molar-refractivity contribution in [2.75, 3.05) is 0 Å². The van der Waals surface area contributed by atoms with Crippen LogP contribution in [0.25, 0.3) is 6.08 Å². The first-order chi connectivity index (χ1) is 9.10. The first kappa shape index (κ1) is 13.7. The first-order valence-corrected chi connectivity index (χ1v) is 6.91. The summed E-state index contributed by atoms with van der Waals surface area (Å²) in [6.45, 7) is 4.80. The molecule has 3 nitrogen and oxygen atoms in total. The minimum atomic E-state index is -0.00357. The van der Waals surface area contributed by atoms with Crippen LogP contribution in [0.1, 0.15) is 28.5 Å². The lowest BCUT2D eigenvalue weighted by molar-refractivity contribution is 0.104. The molecule has 2 rings (SSSR count). The zero-order valence-corrected chi connectivity index (χ0v) is 12.5. The van der Waals surface area contributed by atoms with Crippen molar-refractivity contribution in [2.45, 2.75) is 20.4 Å². The fourth-order valence-electron chi connectivity index (χ4n) is 1.73. The Bertz CT molecular complexity index is 612. The number of halogens is 1. The van der Waals surface area contributed by atoms with E-state index < -0.39 is 0 Å². The number of rotatable bonds is 4. The average molecular weight is 319 g/mol. The van der Waals surface area contributed by atoms with E-state index in [2.05, 4.69) is 21.0 Å². The Morgan fingerprint density at radius 3 is 2.63 bits per heavy atom. The molecule has 19 heavy (non-hydrogen) atoms. The number of carbonyl (C=O) groups is 1. The molecule has 0 saturated carbocycles. The van der Waals surface area contributed by atoms with Crippen molar-refractivity contribution in [1.29, 1.82) is 0 Å². The summed E-state index contributed by atoms with van der Waals surface area (Å²) in [7, 11) is 0. The Morgan fingerprint density at radius 2 is 2.05 bits per heavy atom. The van der Waals surface area contributed by atoms with Crippen molar-refractivity contribution < 1.29 is 4.79 Å². The number of hydrogen-bond donors (Lipinski definition) is 0. The summed E-state index contributed by atoms with van der Waals surface area (Å²) in [5.74, 6) is -0.00357. The monoisotopic (exact) mass is 318 g/mol. The summed E-state index contributed by atoms with van der Waals surface area (Å²) in [6.07, 6.45) is 5.35. The van der Waals surface area contributed by atoms with Gasteiger partial charge in [0.1, 0.15) is 0 Å². The smallest absolute Gasteiger partial charge is 0.185 e. The second-order valence-corrected chi connectivity index (χ2v) is 5.15. The Labute approximate surface area is 121 Å². The fourth-order valence-corrected chi connectivity index (χ4v) is 2.00. The first-order valence-electron chi connectivity index (χ1n) is 6.12. The van der Waals surface area contributed by atoms with Gasteiger partial charge < -0.3 is 0 Å². The van der Waals surface area contributed by atoms with Crippen LogP contribution >= 0.6 is 15.9 Å². The van der Waals surface area contributed by atoms with Crippen LogP contribution in [0.4, 0.5) is 0 Å². The van der Waals surface area contributed by atoms with Crippen LogP contribution in [0.5, 0.6) is 0 Å². The molecule has 0 aliphatic heterocycles. The van der Waals surface area contributed by atoms with Gasteiger partial charge in [-0.15, -0.1) is 0 Å². The molecular weight excluding hydrogens is 304 g/mol. The third-order valence-corrected chi connectivity index (χ3v) is 3.38. The highest BCUT2D eigenvalue weighted by Crippen LogP contribution is 2.13. The number of aryl methyl sites for hydroxylation is 2. The van der Waals surface area contributed by atoms with Gasteiger partial charge in [-0.3, -0.25) is 9.48 Å². The maximum Gasteiger partial charge on any atom is 0.185 e. The molecule has 0 unspecified atom stereocenters. The van der Waals surface area contributed by atoms with Crippen molar-refractivity contribution in [1.82, 2.24) is 9.78 Å². The van der Waals surface area contributed by atoms with E-state index in [0.29, 0.717) is 5.56 Å². The molecule has 98 valence electrons. The van der Waals surface area contributed by atoms with E-state index in [0.717, 1.165) is 22.3 Å². The molecule has 0 aliphatic rings. The lowest BCUT2D eigenvalue weighted by Gasteiger charge is -1.95. The quantitative estimate of drug-likeness (QED) is 0.633. The van der Waals surface area contributed by atoms with Gasteiger partial charge in [0.15, 0.2) is 5.78 Å². The Balaban J connectivity index is 2.15. The van der Waals surface area contributed by atoms with E-state index >= 15 is 0 Å². The van der Waals surface area contributed by atoms with E-state index in [1.54, 1.807) is 18.2 Å². The van der Waals surface area contributed by atoms with Crippen LogP contribution in [0.3, 0.4) is 0 Å². The van der Waals surface area contributed by atoms with E-state index in [1.165, 1.54) is 0 Å². The Hall–Kier alpha value is -1.68. The van der Waals surface area contributed by atoms with Crippen molar-refractivity contribution in [2.24, 2.45) is 0 Å². The summed E-state index contributed by atoms with van der Waals surface area (Å²) in [6, 6.07) is 7.33. The van der Waals surface area contributed by atoms with E-state index in [9.17, 15) is 4.79 Å². The number of carbonyl (C=O) groups excluding carboxylic acids is 1. The van der Waals surface area contributed by atoms with Crippen LogP contribution in [-0.4, -0.2) is 15.6 Å². The van der Waals surface area contributed by atoms with E-state index in [-0.39, 0.29) is 5.78 Å². The molecule has 0 fully saturated rings. The van der Waals surface area contributed by atoms with Crippen LogP contribution in [0.2, 0.25) is 0 Å². The highest BCUT2D eigenvalue weighted by atomic mass is 79.9. The average Bonchev–Trinajstić information content (AvgIpc) is 2.77. The number of allylic oxidation sites excluding steroid dienone is 1. The molecule has 2 aromatic rings. The second-order valence-electron chi connectivity index (χ2n) is 4.23. The molecule has 0 radical (unpaired) electrons. The largest absolute Gasteiger partial charge is 0.289 e. The molecule has 4 heteroatoms. The van der Waals surface area contributed by atoms with Gasteiger partial charge in [-0.25, -0.2) is 0 Å². The van der Waals surface area contributed by atoms with Crippen molar-refractivity contribution >= 4 is 27.8 Å². The summed E-state index contributed by atoms with van der Waals surface area (Å²) in [4.78, 5) is 12.0. The zero-order chi connectivity index (χ0) is 13.8. The topological polar surface area (TPSA) is 34.9 Å². The number of aromatic nitrogens is 2. The number of benzene rings is 1. The molecule has 0 amide bonds. The molecule has 0 aliphatic carbocycles. The normalized spacial score (nSPS) is 11.1. The van der Waals surface area contributed by atoms with Crippen molar-refractivity contribution in [3.05, 3.63) is 57.8 Å². The van der Waals surface area contributed by atoms with Gasteiger partial charge in [-0.05, 0) is 50.3 Å². The summed E-state index contributed by atoms with van der Waals surface area (Å²) in [5, 5.41) is 4.34. The van der Waals surface area contributed by atoms with Gasteiger partial charge in [0.25, 0.3) is 0 Å². The summed E-state index contributed by atoms with van der Waals surface area (Å²) >= 11 is 3.35. The van der Waals surface area contributed by atoms with E-state index in [4.69, 9.17) is 0 Å². The fraction of sp³-hybridized carbons (Fsp3) is 0.200. The highest BCUT2D eigenvalue weighted by Gasteiger charge is 2.03. The zero-order valence-electron chi connectivity index (χ0n) is 10.9. The number of ketones is 1. The molecule has 0 N–H and O–H groups in total. The predicted molar refractivity (Wildman–Crippen MR) is 80.1 cm³/mol. The van der Waals surface area contributed by atoms with Crippen LogP contribution in [-0.2, 0) is 6.54 Å². The SMILES string of the molecule is CCn1cc(/C=C/C(=O)c2ccc(Br)cc2)c(C)n1. The van der Waals surface area contributed by atoms with Crippen LogP contribution in [0.15, 0.2) is 41.0 Å². The summed E-state index contributed by atoms with van der Waals surface area (Å²) < 4.78 is 2.83. The minimum absolute atomic E-state index is 0.00357. The van der Waals surface area contributed by atoms with Crippen molar-refractivity contribution in [3.8, 4) is 0 Å². The number of hydrogen-bond acceptors (Lipinski definition) is 2. The number of nitrogens with zero attached hydrogens (tertiary/aromatic N) is 2. The van der Waals surface area contributed by atoms with Gasteiger partial charge in [-0.2, -0.15) is 5.10 Å². The van der Waals surface area contributed by atoms with Gasteiger partial charge in [0.05, 0.1) is 5.69 Å². The van der Waals surface area contributed by atoms with Gasteiger partial charge in [0, 0.05) is 28.3 Å². The van der Waals surface area contributed by atoms with Crippen LogP contribution in [0, 0.1) is 6.92 Å². The minimum Gasteiger partial charge on any atom is -0.289 e. The van der Waals surface area contributed by atoms with Gasteiger partial charge in [-0.1, -0.05) is 15.9 Å². The molecular formula is C15H15BrN2O. The maximum absolute atomic E-state index is 12.0. The third-order valence-electron chi connectivity index (χ3n) is 2.85. The Kier molecular flexibility index (Phi) is 4.32. The molecule has 0 bridgehead atoms. The Morgan fingerprint density at radius 1 is 1.37 bits per heavy atom. The van der Waals surface area contributed by atoms with Crippen molar-refractivity contribution in [3.63, 3.8) is 0 Å². The molecule has 0 atom stereocenters. The van der Waals surface area contributed by atoms with Crippen LogP contribution < -0.4 is 0 Å². The molecule has 1 aromatic heterocycles. The molecule has 0 saturated heterocycles. The third kappa shape index (κ3) is 3.41. The molecule has 1 aromatic carbocycles. The lowest BCUT2D eigenvalue weighted by atomic mass is 10.1. The predicted octanol–water partition coefficient (Wildman–Crippen LogP) is 3.87. The summed E-state index contributed by atoms with van der Waals surface area (Å²) in [5.41, 5.74) is 2.59. The lowest BCUT2D eigenvalue weighted by Crippen LogP contribution is -1.93. The highest BCUT2D eigenvalue weighted by molar-refractivity contribution is 9.10. The van der Waals surface area contributed by atoms with E-state index in [1.807, 2.05) is 42.9 Å². The van der Waals surface area contributed by atoms with Gasteiger partial charge in [0.2, 0.25) is 0 Å². The molecule has 0 spiro atoms. The maximum atomic E-state index is 12.0. The molecule has 1 heterocycles.